The molecule has 0 amide bonds. The molecule has 202 valence electrons. The summed E-state index contributed by atoms with van der Waals surface area (Å²) < 4.78 is 5.89. The van der Waals surface area contributed by atoms with E-state index in [1.54, 1.807) is 0 Å². The summed E-state index contributed by atoms with van der Waals surface area (Å²) in [6.07, 6.45) is 4.33. The van der Waals surface area contributed by atoms with Crippen LogP contribution in [-0.4, -0.2) is 70.9 Å². The molecule has 2 heterocycles. The third kappa shape index (κ3) is 4.04. The van der Waals surface area contributed by atoms with E-state index in [9.17, 15) is 15.0 Å². The summed E-state index contributed by atoms with van der Waals surface area (Å²) in [6.45, 7) is 7.82. The molecule has 0 radical (unpaired) electrons. The van der Waals surface area contributed by atoms with Gasteiger partial charge < -0.3 is 14.9 Å². The number of aliphatic hydroxyl groups excluding tert-OH is 1. The molecular formula is C32H40N2O4. The summed E-state index contributed by atoms with van der Waals surface area (Å²) >= 11 is 0. The van der Waals surface area contributed by atoms with Crippen molar-refractivity contribution in [2.75, 3.05) is 32.7 Å². The van der Waals surface area contributed by atoms with Gasteiger partial charge in [0.15, 0.2) is 5.72 Å². The van der Waals surface area contributed by atoms with Crippen molar-refractivity contribution in [1.82, 2.24) is 9.80 Å². The summed E-state index contributed by atoms with van der Waals surface area (Å²) in [4.78, 5) is 17.6. The van der Waals surface area contributed by atoms with Crippen LogP contribution in [-0.2, 0) is 15.3 Å². The lowest BCUT2D eigenvalue weighted by atomic mass is 9.55. The average molecular weight is 517 g/mol. The fourth-order valence-electron chi connectivity index (χ4n) is 7.68. The molecular weight excluding hydrogens is 476 g/mol. The highest BCUT2D eigenvalue weighted by atomic mass is 16.6. The zero-order valence-corrected chi connectivity index (χ0v) is 22.5. The number of piperazine rings is 1. The molecule has 6 heteroatoms. The minimum absolute atomic E-state index is 0.165. The van der Waals surface area contributed by atoms with E-state index in [4.69, 9.17) is 4.74 Å². The van der Waals surface area contributed by atoms with Crippen LogP contribution in [0, 0.1) is 23.2 Å². The maximum Gasteiger partial charge on any atom is 0.311 e. The number of ether oxygens (including phenoxy) is 1. The first-order valence-electron chi connectivity index (χ1n) is 14.2. The van der Waals surface area contributed by atoms with Crippen LogP contribution in [0.3, 0.4) is 0 Å². The second-order valence-electron chi connectivity index (χ2n) is 12.0. The number of hydrogen-bond acceptors (Lipinski definition) is 6. The van der Waals surface area contributed by atoms with Gasteiger partial charge in [-0.25, -0.2) is 0 Å². The number of fused-ring (bicyclic) bond motifs is 2. The Labute approximate surface area is 225 Å². The standard InChI is InChI=1S/C32H40N2O4/c1-22-10-9-15-25-20-27-28(29(35)31(22,25)2)26(30(36)38-27)21-33-16-18-34(19-17-33)32(37,23-11-5-3-6-12-23)24-13-7-4-8-14-24/h3-8,11-15,22,26-29,35,37H,9-10,16-21H2,1-2H3/t22-,26-,27+,28+,29-,31+/m0/s1. The molecule has 1 saturated carbocycles. The number of rotatable bonds is 5. The van der Waals surface area contributed by atoms with Gasteiger partial charge in [-0.2, -0.15) is 0 Å². The molecule has 0 aromatic heterocycles. The highest BCUT2D eigenvalue weighted by Gasteiger charge is 2.60. The lowest BCUT2D eigenvalue weighted by Gasteiger charge is -2.52. The zero-order valence-electron chi connectivity index (χ0n) is 22.5. The first kappa shape index (κ1) is 25.8. The zero-order chi connectivity index (χ0) is 26.5. The Morgan fingerprint density at radius 2 is 1.61 bits per heavy atom. The lowest BCUT2D eigenvalue weighted by molar-refractivity contribution is -0.145. The van der Waals surface area contributed by atoms with Crippen molar-refractivity contribution < 1.29 is 19.7 Å². The third-order valence-corrected chi connectivity index (χ3v) is 10.2. The highest BCUT2D eigenvalue weighted by Crippen LogP contribution is 2.56. The molecule has 2 saturated heterocycles. The van der Waals surface area contributed by atoms with Gasteiger partial charge in [0.25, 0.3) is 0 Å². The van der Waals surface area contributed by atoms with Gasteiger partial charge in [-0.3, -0.25) is 14.6 Å². The maximum atomic E-state index is 13.1. The summed E-state index contributed by atoms with van der Waals surface area (Å²) in [5, 5.41) is 23.8. The van der Waals surface area contributed by atoms with Gasteiger partial charge in [0.05, 0.1) is 12.0 Å². The van der Waals surface area contributed by atoms with Crippen LogP contribution in [0.15, 0.2) is 72.3 Å². The predicted molar refractivity (Wildman–Crippen MR) is 146 cm³/mol. The van der Waals surface area contributed by atoms with Gasteiger partial charge in [-0.1, -0.05) is 86.2 Å². The van der Waals surface area contributed by atoms with E-state index in [0.717, 1.165) is 43.5 Å². The maximum absolute atomic E-state index is 13.1. The van der Waals surface area contributed by atoms with Gasteiger partial charge in [0.2, 0.25) is 0 Å². The van der Waals surface area contributed by atoms with E-state index < -0.39 is 11.8 Å². The topological polar surface area (TPSA) is 73.2 Å². The molecule has 4 aliphatic rings. The summed E-state index contributed by atoms with van der Waals surface area (Å²) in [6, 6.07) is 19.7. The summed E-state index contributed by atoms with van der Waals surface area (Å²) in [7, 11) is 0. The minimum Gasteiger partial charge on any atom is -0.461 e. The van der Waals surface area contributed by atoms with Gasteiger partial charge >= 0.3 is 5.97 Å². The number of esters is 1. The molecule has 3 fully saturated rings. The van der Waals surface area contributed by atoms with Crippen LogP contribution in [0.5, 0.6) is 0 Å². The number of nitrogens with zero attached hydrogens (tertiary/aromatic N) is 2. The summed E-state index contributed by atoms with van der Waals surface area (Å²) in [5.41, 5.74) is 1.47. The van der Waals surface area contributed by atoms with Crippen LogP contribution in [0.25, 0.3) is 0 Å². The van der Waals surface area contributed by atoms with Crippen molar-refractivity contribution in [3.05, 3.63) is 83.4 Å². The van der Waals surface area contributed by atoms with Crippen LogP contribution < -0.4 is 0 Å². The number of benzene rings is 2. The molecule has 2 N–H and O–H groups in total. The first-order chi connectivity index (χ1) is 18.3. The third-order valence-electron chi connectivity index (χ3n) is 10.2. The fraction of sp³-hybridized carbons (Fsp3) is 0.531. The molecule has 2 aromatic carbocycles. The van der Waals surface area contributed by atoms with E-state index in [0.29, 0.717) is 25.6 Å². The Kier molecular flexibility index (Phi) is 6.71. The Hall–Kier alpha value is -2.51. The largest absolute Gasteiger partial charge is 0.461 e. The van der Waals surface area contributed by atoms with Gasteiger partial charge in [-0.05, 0) is 18.8 Å². The Morgan fingerprint density at radius 3 is 2.21 bits per heavy atom. The normalized spacial score (nSPS) is 34.3. The Bertz CT molecular complexity index is 1140. The SMILES string of the molecule is C[C@H]1CCC=C2C[C@H]3OC(=O)[C@@H](CN4CCN(C(O)(c5ccccc5)c5ccccc5)CC4)[C@H]3[C@H](O)[C@@]21C. The van der Waals surface area contributed by atoms with E-state index in [2.05, 4.69) is 29.7 Å². The fourth-order valence-corrected chi connectivity index (χ4v) is 7.68. The number of hydrogen-bond donors (Lipinski definition) is 2. The Balaban J connectivity index is 1.18. The smallest absolute Gasteiger partial charge is 0.311 e. The van der Waals surface area contributed by atoms with E-state index >= 15 is 0 Å². The molecule has 0 bridgehead atoms. The van der Waals surface area contributed by atoms with Crippen LogP contribution >= 0.6 is 0 Å². The number of carbonyl (C=O) groups excluding carboxylic acids is 1. The molecule has 0 unspecified atom stereocenters. The van der Waals surface area contributed by atoms with Gasteiger partial charge in [-0.15, -0.1) is 0 Å². The van der Waals surface area contributed by atoms with Gasteiger partial charge in [0.1, 0.15) is 6.10 Å². The lowest BCUT2D eigenvalue weighted by Crippen LogP contribution is -2.58. The molecule has 38 heavy (non-hydrogen) atoms. The second-order valence-corrected chi connectivity index (χ2v) is 12.0. The summed E-state index contributed by atoms with van der Waals surface area (Å²) in [5.74, 6) is -0.279. The number of carbonyl (C=O) groups is 1. The molecule has 2 aliphatic carbocycles. The van der Waals surface area contributed by atoms with E-state index in [1.165, 1.54) is 5.57 Å². The molecule has 6 atom stereocenters. The predicted octanol–water partition coefficient (Wildman–Crippen LogP) is 3.78. The van der Waals surface area contributed by atoms with Crippen molar-refractivity contribution in [1.29, 1.82) is 0 Å². The number of allylic oxidation sites excluding steroid dienone is 1. The second kappa shape index (κ2) is 9.91. The van der Waals surface area contributed by atoms with Gasteiger partial charge in [0, 0.05) is 61.6 Å². The van der Waals surface area contributed by atoms with Crippen molar-refractivity contribution in [3.8, 4) is 0 Å². The molecule has 2 aromatic rings. The van der Waals surface area contributed by atoms with Crippen molar-refractivity contribution in [2.45, 2.75) is 51.0 Å². The van der Waals surface area contributed by atoms with Crippen molar-refractivity contribution in [2.24, 2.45) is 23.2 Å². The van der Waals surface area contributed by atoms with Crippen LogP contribution in [0.4, 0.5) is 0 Å². The average Bonchev–Trinajstić information content (AvgIpc) is 3.26. The van der Waals surface area contributed by atoms with E-state index in [-0.39, 0.29) is 29.3 Å². The van der Waals surface area contributed by atoms with Crippen LogP contribution in [0.1, 0.15) is 44.2 Å². The monoisotopic (exact) mass is 516 g/mol. The molecule has 6 rings (SSSR count). The first-order valence-corrected chi connectivity index (χ1v) is 14.2. The van der Waals surface area contributed by atoms with Crippen LogP contribution in [0.2, 0.25) is 0 Å². The van der Waals surface area contributed by atoms with E-state index in [1.807, 2.05) is 60.7 Å². The Morgan fingerprint density at radius 1 is 1.00 bits per heavy atom. The number of aliphatic hydroxyl groups is 2. The van der Waals surface area contributed by atoms with Crippen molar-refractivity contribution in [3.63, 3.8) is 0 Å². The molecule has 6 nitrogen and oxygen atoms in total. The highest BCUT2D eigenvalue weighted by molar-refractivity contribution is 5.76. The molecule has 2 aliphatic heterocycles. The minimum atomic E-state index is -1.22. The molecule has 0 spiro atoms. The quantitative estimate of drug-likeness (QED) is 0.466. The van der Waals surface area contributed by atoms with Crippen molar-refractivity contribution >= 4 is 5.97 Å².